The van der Waals surface area contributed by atoms with Crippen molar-refractivity contribution in [1.82, 2.24) is 9.97 Å². The van der Waals surface area contributed by atoms with E-state index >= 15 is 0 Å². The van der Waals surface area contributed by atoms with Crippen molar-refractivity contribution in [1.29, 1.82) is 0 Å². The summed E-state index contributed by atoms with van der Waals surface area (Å²) in [6.45, 7) is 6.45. The molecule has 0 aliphatic heterocycles. The lowest BCUT2D eigenvalue weighted by Gasteiger charge is -2.17. The summed E-state index contributed by atoms with van der Waals surface area (Å²) >= 11 is 17.8. The minimum absolute atomic E-state index is 0.144. The van der Waals surface area contributed by atoms with Gasteiger partial charge in [0, 0.05) is 9.22 Å². The highest BCUT2D eigenvalue weighted by Gasteiger charge is 2.16. The molecule has 0 saturated heterocycles. The Labute approximate surface area is 147 Å². The van der Waals surface area contributed by atoms with E-state index in [1.54, 1.807) is 11.8 Å². The SMILES string of the molecule is CC(C)(C)SCc1nc(Cl)c(-c2cccc(Br)c2)c(Cl)n1. The molecule has 1 aromatic carbocycles. The quantitative estimate of drug-likeness (QED) is 0.564. The Morgan fingerprint density at radius 2 is 1.76 bits per heavy atom. The van der Waals surface area contributed by atoms with Crippen LogP contribution in [-0.2, 0) is 5.75 Å². The highest BCUT2D eigenvalue weighted by atomic mass is 79.9. The molecule has 2 aromatic rings. The van der Waals surface area contributed by atoms with Crippen molar-refractivity contribution >= 4 is 50.9 Å². The molecule has 0 N–H and O–H groups in total. The Balaban J connectivity index is 2.34. The highest BCUT2D eigenvalue weighted by Crippen LogP contribution is 2.35. The average Bonchev–Trinajstić information content (AvgIpc) is 2.35. The number of aromatic nitrogens is 2. The number of hydrogen-bond acceptors (Lipinski definition) is 3. The summed E-state index contributed by atoms with van der Waals surface area (Å²) in [5, 5.41) is 0.773. The van der Waals surface area contributed by atoms with Gasteiger partial charge in [0.1, 0.15) is 16.1 Å². The van der Waals surface area contributed by atoms with Gasteiger partial charge in [-0.2, -0.15) is 0 Å². The van der Waals surface area contributed by atoms with Crippen LogP contribution in [0.3, 0.4) is 0 Å². The van der Waals surface area contributed by atoms with Crippen LogP contribution in [0.4, 0.5) is 0 Å². The molecule has 0 radical (unpaired) electrons. The Bertz CT molecular complexity index is 633. The van der Waals surface area contributed by atoms with Gasteiger partial charge in [0.2, 0.25) is 0 Å². The van der Waals surface area contributed by atoms with Crippen LogP contribution in [0.2, 0.25) is 10.3 Å². The fourth-order valence-corrected chi connectivity index (χ4v) is 3.41. The molecule has 2 rings (SSSR count). The van der Waals surface area contributed by atoms with E-state index in [1.807, 2.05) is 24.3 Å². The number of halogens is 3. The van der Waals surface area contributed by atoms with Crippen LogP contribution in [0.5, 0.6) is 0 Å². The van der Waals surface area contributed by atoms with Crippen molar-refractivity contribution < 1.29 is 0 Å². The van der Waals surface area contributed by atoms with E-state index in [-0.39, 0.29) is 4.75 Å². The van der Waals surface area contributed by atoms with Gasteiger partial charge in [-0.25, -0.2) is 9.97 Å². The summed E-state index contributed by atoms with van der Waals surface area (Å²) in [5.41, 5.74) is 1.57. The Morgan fingerprint density at radius 3 is 2.29 bits per heavy atom. The molecule has 0 fully saturated rings. The number of rotatable bonds is 3. The minimum atomic E-state index is 0.144. The summed E-state index contributed by atoms with van der Waals surface area (Å²) in [6.07, 6.45) is 0. The molecule has 0 unspecified atom stereocenters. The molecule has 21 heavy (non-hydrogen) atoms. The second kappa shape index (κ2) is 6.86. The summed E-state index contributed by atoms with van der Waals surface area (Å²) in [5.74, 6) is 1.34. The van der Waals surface area contributed by atoms with Crippen molar-refractivity contribution in [2.75, 3.05) is 0 Å². The lowest BCUT2D eigenvalue weighted by molar-refractivity contribution is 0.800. The van der Waals surface area contributed by atoms with E-state index in [9.17, 15) is 0 Å². The summed E-state index contributed by atoms with van der Waals surface area (Å²) in [6, 6.07) is 7.75. The van der Waals surface area contributed by atoms with Crippen LogP contribution in [0.15, 0.2) is 28.7 Å². The predicted octanol–water partition coefficient (Wildman–Crippen LogP) is 6.24. The van der Waals surface area contributed by atoms with Gasteiger partial charge in [-0.3, -0.25) is 0 Å². The normalized spacial score (nSPS) is 11.7. The van der Waals surface area contributed by atoms with E-state index in [4.69, 9.17) is 23.2 Å². The fraction of sp³-hybridized carbons (Fsp3) is 0.333. The number of thioether (sulfide) groups is 1. The molecule has 0 amide bonds. The van der Waals surface area contributed by atoms with Gasteiger partial charge >= 0.3 is 0 Å². The number of benzene rings is 1. The van der Waals surface area contributed by atoms with Gasteiger partial charge < -0.3 is 0 Å². The Hall–Kier alpha value is -0.290. The maximum Gasteiger partial charge on any atom is 0.142 e. The molecule has 112 valence electrons. The smallest absolute Gasteiger partial charge is 0.142 e. The number of hydrogen-bond donors (Lipinski definition) is 0. The zero-order chi connectivity index (χ0) is 15.6. The molecule has 0 bridgehead atoms. The molecule has 0 aliphatic carbocycles. The standard InChI is InChI=1S/C15H15BrCl2N2S/c1-15(2,3)21-8-11-19-13(17)12(14(18)20-11)9-5-4-6-10(16)7-9/h4-7H,8H2,1-3H3. The first kappa shape index (κ1) is 17.1. The van der Waals surface area contributed by atoms with E-state index in [0.717, 1.165) is 10.0 Å². The van der Waals surface area contributed by atoms with Crippen LogP contribution in [0.25, 0.3) is 11.1 Å². The number of nitrogens with zero attached hydrogens (tertiary/aromatic N) is 2. The first-order chi connectivity index (χ1) is 9.76. The van der Waals surface area contributed by atoms with Crippen molar-refractivity contribution in [3.05, 3.63) is 44.9 Å². The second-order valence-electron chi connectivity index (χ2n) is 5.51. The van der Waals surface area contributed by atoms with Crippen LogP contribution in [-0.4, -0.2) is 14.7 Å². The average molecular weight is 406 g/mol. The molecule has 2 nitrogen and oxygen atoms in total. The monoisotopic (exact) mass is 404 g/mol. The molecule has 0 atom stereocenters. The van der Waals surface area contributed by atoms with Crippen molar-refractivity contribution in [2.24, 2.45) is 0 Å². The van der Waals surface area contributed by atoms with E-state index in [1.165, 1.54) is 0 Å². The summed E-state index contributed by atoms with van der Waals surface area (Å²) in [7, 11) is 0. The topological polar surface area (TPSA) is 25.8 Å². The van der Waals surface area contributed by atoms with Crippen molar-refractivity contribution in [2.45, 2.75) is 31.3 Å². The van der Waals surface area contributed by atoms with Gasteiger partial charge in [0.25, 0.3) is 0 Å². The Kier molecular flexibility index (Phi) is 5.58. The first-order valence-electron chi connectivity index (χ1n) is 6.38. The summed E-state index contributed by atoms with van der Waals surface area (Å²) < 4.78 is 1.10. The zero-order valence-electron chi connectivity index (χ0n) is 12.0. The van der Waals surface area contributed by atoms with Crippen molar-refractivity contribution in [3.8, 4) is 11.1 Å². The van der Waals surface area contributed by atoms with E-state index in [2.05, 4.69) is 46.7 Å². The maximum atomic E-state index is 6.31. The molecule has 6 heteroatoms. The third-order valence-electron chi connectivity index (χ3n) is 2.61. The molecule has 1 aromatic heterocycles. The molecular formula is C15H15BrCl2N2S. The third kappa shape index (κ3) is 4.85. The van der Waals surface area contributed by atoms with Crippen LogP contribution >= 0.6 is 50.9 Å². The van der Waals surface area contributed by atoms with Crippen molar-refractivity contribution in [3.63, 3.8) is 0 Å². The molecule has 0 saturated carbocycles. The summed E-state index contributed by atoms with van der Waals surface area (Å²) in [4.78, 5) is 8.75. The lowest BCUT2D eigenvalue weighted by Crippen LogP contribution is -2.09. The fourth-order valence-electron chi connectivity index (χ4n) is 1.68. The van der Waals surface area contributed by atoms with E-state index in [0.29, 0.717) is 27.4 Å². The van der Waals surface area contributed by atoms with Gasteiger partial charge in [0.15, 0.2) is 0 Å². The first-order valence-corrected chi connectivity index (χ1v) is 8.91. The maximum absolute atomic E-state index is 6.31. The van der Waals surface area contributed by atoms with Crippen LogP contribution in [0, 0.1) is 0 Å². The second-order valence-corrected chi connectivity index (χ2v) is 8.94. The third-order valence-corrected chi connectivity index (χ3v) is 4.92. The largest absolute Gasteiger partial charge is 0.220 e. The van der Waals surface area contributed by atoms with E-state index < -0.39 is 0 Å². The van der Waals surface area contributed by atoms with Gasteiger partial charge in [-0.05, 0) is 17.7 Å². The van der Waals surface area contributed by atoms with Crippen LogP contribution in [0.1, 0.15) is 26.6 Å². The van der Waals surface area contributed by atoms with Gasteiger partial charge in [-0.1, -0.05) is 72.0 Å². The van der Waals surface area contributed by atoms with Gasteiger partial charge in [-0.15, -0.1) is 11.8 Å². The minimum Gasteiger partial charge on any atom is -0.220 e. The highest BCUT2D eigenvalue weighted by molar-refractivity contribution is 9.10. The zero-order valence-corrected chi connectivity index (χ0v) is 15.9. The molecule has 1 heterocycles. The molecule has 0 aliphatic rings. The lowest BCUT2D eigenvalue weighted by atomic mass is 10.1. The van der Waals surface area contributed by atoms with Gasteiger partial charge in [0.05, 0.1) is 11.3 Å². The predicted molar refractivity (Wildman–Crippen MR) is 96.2 cm³/mol. The Morgan fingerprint density at radius 1 is 1.14 bits per heavy atom. The molecular weight excluding hydrogens is 391 g/mol. The molecule has 0 spiro atoms. The van der Waals surface area contributed by atoms with Crippen LogP contribution < -0.4 is 0 Å².